The molecule has 0 radical (unpaired) electrons. The highest BCUT2D eigenvalue weighted by atomic mass is 32.1. The van der Waals surface area contributed by atoms with Crippen molar-refractivity contribution in [2.75, 3.05) is 0 Å². The molecule has 2 aromatic heterocycles. The lowest BCUT2D eigenvalue weighted by Crippen LogP contribution is -1.98. The third-order valence-electron chi connectivity index (χ3n) is 3.87. The van der Waals surface area contributed by atoms with E-state index in [1.54, 1.807) is 11.3 Å². The molecule has 0 amide bonds. The Balaban J connectivity index is 1.90. The summed E-state index contributed by atoms with van der Waals surface area (Å²) in [6, 6.07) is 15.9. The van der Waals surface area contributed by atoms with E-state index in [2.05, 4.69) is 0 Å². The summed E-state index contributed by atoms with van der Waals surface area (Å²) in [5, 5.41) is 14.8. The molecule has 0 aliphatic rings. The van der Waals surface area contributed by atoms with Crippen LogP contribution in [-0.4, -0.2) is 5.11 Å². The zero-order valence-electron chi connectivity index (χ0n) is 11.5. The van der Waals surface area contributed by atoms with Crippen LogP contribution in [0.4, 0.5) is 0 Å². The second-order valence-electron chi connectivity index (χ2n) is 5.22. The summed E-state index contributed by atoms with van der Waals surface area (Å²) in [4.78, 5) is 1.00. The molecule has 0 saturated heterocycles. The summed E-state index contributed by atoms with van der Waals surface area (Å²) >= 11 is 1.59. The molecule has 21 heavy (non-hydrogen) atoms. The van der Waals surface area contributed by atoms with Crippen LogP contribution >= 0.6 is 11.3 Å². The number of rotatable bonds is 2. The van der Waals surface area contributed by atoms with Gasteiger partial charge < -0.3 is 9.52 Å². The van der Waals surface area contributed by atoms with Crippen molar-refractivity contribution in [2.24, 2.45) is 0 Å². The highest BCUT2D eigenvalue weighted by Gasteiger charge is 2.16. The fourth-order valence-corrected chi connectivity index (χ4v) is 3.67. The van der Waals surface area contributed by atoms with Crippen molar-refractivity contribution in [1.29, 1.82) is 0 Å². The molecule has 1 unspecified atom stereocenters. The number of aliphatic hydroxyl groups is 1. The molecule has 0 bridgehead atoms. The zero-order chi connectivity index (χ0) is 14.4. The molecule has 1 N–H and O–H groups in total. The van der Waals surface area contributed by atoms with Gasteiger partial charge in [0.2, 0.25) is 0 Å². The first-order chi connectivity index (χ1) is 10.2. The summed E-state index contributed by atoms with van der Waals surface area (Å²) in [6.45, 7) is 2.03. The number of aliphatic hydroxyl groups excluding tert-OH is 1. The van der Waals surface area contributed by atoms with E-state index in [4.69, 9.17) is 4.42 Å². The topological polar surface area (TPSA) is 33.4 Å². The van der Waals surface area contributed by atoms with Gasteiger partial charge in [-0.1, -0.05) is 24.3 Å². The van der Waals surface area contributed by atoms with Crippen LogP contribution in [0.5, 0.6) is 0 Å². The Kier molecular flexibility index (Phi) is 2.84. The predicted molar refractivity (Wildman–Crippen MR) is 86.8 cm³/mol. The van der Waals surface area contributed by atoms with E-state index in [9.17, 15) is 5.11 Å². The van der Waals surface area contributed by atoms with E-state index in [0.717, 1.165) is 37.9 Å². The maximum absolute atomic E-state index is 10.6. The van der Waals surface area contributed by atoms with Gasteiger partial charge in [0.25, 0.3) is 0 Å². The Morgan fingerprint density at radius 1 is 1.00 bits per heavy atom. The molecule has 1 atom stereocenters. The Morgan fingerprint density at radius 3 is 2.62 bits per heavy atom. The van der Waals surface area contributed by atoms with Crippen LogP contribution in [0.15, 0.2) is 58.3 Å². The summed E-state index contributed by atoms with van der Waals surface area (Å²) in [6.07, 6.45) is -0.580. The SMILES string of the molecule is Cc1ccsc1C(O)c1ccc2oc3ccccc3c2c1. The molecule has 3 heteroatoms. The molecule has 0 aliphatic heterocycles. The van der Waals surface area contributed by atoms with E-state index in [1.807, 2.05) is 60.8 Å². The smallest absolute Gasteiger partial charge is 0.135 e. The van der Waals surface area contributed by atoms with Crippen molar-refractivity contribution < 1.29 is 9.52 Å². The Bertz CT molecular complexity index is 933. The fraction of sp³-hybridized carbons (Fsp3) is 0.111. The molecular weight excluding hydrogens is 280 g/mol. The van der Waals surface area contributed by atoms with Crippen molar-refractivity contribution in [3.8, 4) is 0 Å². The van der Waals surface area contributed by atoms with Crippen molar-refractivity contribution in [2.45, 2.75) is 13.0 Å². The van der Waals surface area contributed by atoms with Crippen molar-refractivity contribution >= 4 is 33.3 Å². The number of fused-ring (bicyclic) bond motifs is 3. The van der Waals surface area contributed by atoms with E-state index in [1.165, 1.54) is 0 Å². The normalized spacial score (nSPS) is 13.0. The second-order valence-corrected chi connectivity index (χ2v) is 6.17. The average Bonchev–Trinajstić information content (AvgIpc) is 3.09. The van der Waals surface area contributed by atoms with Gasteiger partial charge in [0.1, 0.15) is 17.3 Å². The fourth-order valence-electron chi connectivity index (χ4n) is 2.73. The summed E-state index contributed by atoms with van der Waals surface area (Å²) in [5.74, 6) is 0. The molecule has 2 nitrogen and oxygen atoms in total. The summed E-state index contributed by atoms with van der Waals surface area (Å²) in [5.41, 5.74) is 3.77. The van der Waals surface area contributed by atoms with Crippen molar-refractivity contribution in [1.82, 2.24) is 0 Å². The van der Waals surface area contributed by atoms with Gasteiger partial charge >= 0.3 is 0 Å². The van der Waals surface area contributed by atoms with Crippen LogP contribution in [0.2, 0.25) is 0 Å². The number of furan rings is 1. The van der Waals surface area contributed by atoms with Gasteiger partial charge in [0, 0.05) is 15.6 Å². The van der Waals surface area contributed by atoms with Gasteiger partial charge in [-0.25, -0.2) is 0 Å². The largest absolute Gasteiger partial charge is 0.456 e. The highest BCUT2D eigenvalue weighted by molar-refractivity contribution is 7.10. The number of hydrogen-bond acceptors (Lipinski definition) is 3. The minimum Gasteiger partial charge on any atom is -0.456 e. The lowest BCUT2D eigenvalue weighted by molar-refractivity contribution is 0.223. The summed E-state index contributed by atoms with van der Waals surface area (Å²) in [7, 11) is 0. The van der Waals surface area contributed by atoms with Gasteiger partial charge in [-0.15, -0.1) is 11.3 Å². The van der Waals surface area contributed by atoms with E-state index < -0.39 is 6.10 Å². The Morgan fingerprint density at radius 2 is 1.81 bits per heavy atom. The number of benzene rings is 2. The van der Waals surface area contributed by atoms with Gasteiger partial charge in [-0.3, -0.25) is 0 Å². The first-order valence-electron chi connectivity index (χ1n) is 6.87. The Hall–Kier alpha value is -2.10. The monoisotopic (exact) mass is 294 g/mol. The maximum Gasteiger partial charge on any atom is 0.135 e. The Labute approximate surface area is 126 Å². The van der Waals surface area contributed by atoms with Gasteiger partial charge in [-0.05, 0) is 47.7 Å². The first-order valence-corrected chi connectivity index (χ1v) is 7.75. The zero-order valence-corrected chi connectivity index (χ0v) is 12.4. The number of hydrogen-bond donors (Lipinski definition) is 1. The molecule has 2 heterocycles. The molecule has 104 valence electrons. The lowest BCUT2D eigenvalue weighted by atomic mass is 10.0. The van der Waals surface area contributed by atoms with Gasteiger partial charge in [-0.2, -0.15) is 0 Å². The first kappa shape index (κ1) is 12.6. The third-order valence-corrected chi connectivity index (χ3v) is 4.94. The lowest BCUT2D eigenvalue weighted by Gasteiger charge is -2.10. The summed E-state index contributed by atoms with van der Waals surface area (Å²) < 4.78 is 5.82. The molecule has 0 fully saturated rings. The molecule has 0 aliphatic carbocycles. The van der Waals surface area contributed by atoms with Crippen LogP contribution < -0.4 is 0 Å². The quantitative estimate of drug-likeness (QED) is 0.562. The molecule has 0 saturated carbocycles. The van der Waals surface area contributed by atoms with Crippen molar-refractivity contribution in [3.63, 3.8) is 0 Å². The standard InChI is InChI=1S/C18H14O2S/c1-11-8-9-21-18(11)17(19)12-6-7-16-14(10-12)13-4-2-3-5-15(13)20-16/h2-10,17,19H,1H3. The van der Waals surface area contributed by atoms with E-state index >= 15 is 0 Å². The number of aryl methyl sites for hydroxylation is 1. The minimum absolute atomic E-state index is 0.580. The maximum atomic E-state index is 10.6. The predicted octanol–water partition coefficient (Wildman–Crippen LogP) is 5.04. The van der Waals surface area contributed by atoms with Crippen LogP contribution in [0, 0.1) is 6.92 Å². The average molecular weight is 294 g/mol. The van der Waals surface area contributed by atoms with E-state index in [0.29, 0.717) is 0 Å². The van der Waals surface area contributed by atoms with Crippen LogP contribution in [-0.2, 0) is 0 Å². The van der Waals surface area contributed by atoms with Crippen molar-refractivity contribution in [3.05, 3.63) is 69.9 Å². The molecule has 4 rings (SSSR count). The highest BCUT2D eigenvalue weighted by Crippen LogP contribution is 2.34. The second kappa shape index (κ2) is 4.72. The number of para-hydroxylation sites is 1. The van der Waals surface area contributed by atoms with Crippen LogP contribution in [0.3, 0.4) is 0 Å². The molecule has 4 aromatic rings. The van der Waals surface area contributed by atoms with Gasteiger partial charge in [0.15, 0.2) is 0 Å². The van der Waals surface area contributed by atoms with Crippen LogP contribution in [0.1, 0.15) is 22.1 Å². The molecule has 2 aromatic carbocycles. The molecule has 0 spiro atoms. The number of thiophene rings is 1. The van der Waals surface area contributed by atoms with Crippen LogP contribution in [0.25, 0.3) is 21.9 Å². The third kappa shape index (κ3) is 1.97. The minimum atomic E-state index is -0.580. The van der Waals surface area contributed by atoms with Gasteiger partial charge in [0.05, 0.1) is 0 Å². The van der Waals surface area contributed by atoms with E-state index in [-0.39, 0.29) is 0 Å². The molecular formula is C18H14O2S.